The first-order valence-corrected chi connectivity index (χ1v) is 9.32. The summed E-state index contributed by atoms with van der Waals surface area (Å²) in [6.45, 7) is 2.22. The lowest BCUT2D eigenvalue weighted by atomic mass is 9.94. The van der Waals surface area contributed by atoms with E-state index in [9.17, 15) is 14.7 Å². The van der Waals surface area contributed by atoms with Crippen LogP contribution < -0.4 is 15.5 Å². The van der Waals surface area contributed by atoms with Gasteiger partial charge in [-0.05, 0) is 30.7 Å². The van der Waals surface area contributed by atoms with Gasteiger partial charge < -0.3 is 15.7 Å². The summed E-state index contributed by atoms with van der Waals surface area (Å²) in [7, 11) is 0. The van der Waals surface area contributed by atoms with Gasteiger partial charge in [0.25, 0.3) is 11.6 Å². The average Bonchev–Trinajstić information content (AvgIpc) is 2.74. The Kier molecular flexibility index (Phi) is 4.78. The number of nitrogens with zero attached hydrogens (tertiary/aromatic N) is 1. The number of carbonyl (C=O) groups excluding carboxylic acids is 2. The van der Waals surface area contributed by atoms with Crippen molar-refractivity contribution in [3.05, 3.63) is 95.6 Å². The van der Waals surface area contributed by atoms with Crippen LogP contribution in [-0.4, -0.2) is 17.0 Å². The number of amides is 3. The maximum atomic E-state index is 13.3. The molecule has 1 atom stereocenters. The highest BCUT2D eigenvalue weighted by Crippen LogP contribution is 2.39. The molecule has 0 spiro atoms. The number of hydrogen-bond acceptors (Lipinski definition) is 3. The van der Waals surface area contributed by atoms with Crippen LogP contribution in [0.5, 0.6) is 0 Å². The molecule has 3 N–H and O–H groups in total. The van der Waals surface area contributed by atoms with Crippen LogP contribution in [0.25, 0.3) is 0 Å². The van der Waals surface area contributed by atoms with Crippen molar-refractivity contribution in [1.82, 2.24) is 5.32 Å². The van der Waals surface area contributed by atoms with Crippen molar-refractivity contribution in [1.29, 1.82) is 0 Å². The molecule has 3 aromatic carbocycles. The lowest BCUT2D eigenvalue weighted by Crippen LogP contribution is -2.62. The molecule has 0 aromatic heterocycles. The van der Waals surface area contributed by atoms with E-state index in [1.165, 1.54) is 0 Å². The average molecular weight is 387 g/mol. The van der Waals surface area contributed by atoms with E-state index in [1.54, 1.807) is 54.6 Å². The summed E-state index contributed by atoms with van der Waals surface area (Å²) < 4.78 is 0. The van der Waals surface area contributed by atoms with E-state index < -0.39 is 17.7 Å². The Bertz CT molecular complexity index is 1050. The van der Waals surface area contributed by atoms with E-state index in [4.69, 9.17) is 0 Å². The summed E-state index contributed by atoms with van der Waals surface area (Å²) in [6, 6.07) is 22.5. The van der Waals surface area contributed by atoms with Crippen molar-refractivity contribution in [2.24, 2.45) is 0 Å². The van der Waals surface area contributed by atoms with Crippen LogP contribution in [0.2, 0.25) is 0 Å². The smallest absolute Gasteiger partial charge is 0.329 e. The molecule has 1 unspecified atom stereocenters. The largest absolute Gasteiger partial charge is 0.359 e. The van der Waals surface area contributed by atoms with Crippen LogP contribution in [0.4, 0.5) is 16.2 Å². The maximum Gasteiger partial charge on any atom is 0.329 e. The topological polar surface area (TPSA) is 81.7 Å². The van der Waals surface area contributed by atoms with Gasteiger partial charge in [-0.3, -0.25) is 9.69 Å². The van der Waals surface area contributed by atoms with Gasteiger partial charge >= 0.3 is 6.03 Å². The highest BCUT2D eigenvalue weighted by atomic mass is 16.3. The standard InChI is InChI=1S/C23H21N3O3/c1-16-11-13-17(14-12-16)15-24-21(27)23(29)19-9-5-6-10-20(19)25-22(28)26(23)18-7-3-2-4-8-18/h2-14,29H,15H2,1H3,(H,24,27)(H,25,28). The van der Waals surface area contributed by atoms with E-state index in [2.05, 4.69) is 10.6 Å². The van der Waals surface area contributed by atoms with Crippen molar-refractivity contribution in [2.45, 2.75) is 19.2 Å². The molecule has 4 rings (SSSR count). The molecule has 0 radical (unpaired) electrons. The monoisotopic (exact) mass is 387 g/mol. The highest BCUT2D eigenvalue weighted by Gasteiger charge is 2.51. The van der Waals surface area contributed by atoms with E-state index in [0.29, 0.717) is 16.9 Å². The number of aryl methyl sites for hydroxylation is 1. The van der Waals surface area contributed by atoms with Crippen LogP contribution in [0, 0.1) is 6.92 Å². The normalized spacial score (nSPS) is 18.0. The molecular weight excluding hydrogens is 366 g/mol. The Morgan fingerprint density at radius 1 is 1.00 bits per heavy atom. The lowest BCUT2D eigenvalue weighted by molar-refractivity contribution is -0.140. The van der Waals surface area contributed by atoms with Crippen molar-refractivity contribution >= 4 is 23.3 Å². The van der Waals surface area contributed by atoms with Crippen LogP contribution in [-0.2, 0) is 17.1 Å². The number of para-hydroxylation sites is 2. The second-order valence-corrected chi connectivity index (χ2v) is 6.99. The number of nitrogens with one attached hydrogen (secondary N) is 2. The maximum absolute atomic E-state index is 13.3. The fourth-order valence-corrected chi connectivity index (χ4v) is 3.45. The van der Waals surface area contributed by atoms with Crippen LogP contribution in [0.15, 0.2) is 78.9 Å². The van der Waals surface area contributed by atoms with Gasteiger partial charge in [-0.15, -0.1) is 0 Å². The van der Waals surface area contributed by atoms with E-state index in [0.717, 1.165) is 16.0 Å². The van der Waals surface area contributed by atoms with Gasteiger partial charge in [-0.1, -0.05) is 66.2 Å². The van der Waals surface area contributed by atoms with Gasteiger partial charge in [-0.2, -0.15) is 0 Å². The molecule has 6 nitrogen and oxygen atoms in total. The number of urea groups is 1. The molecule has 3 aromatic rings. The summed E-state index contributed by atoms with van der Waals surface area (Å²) in [4.78, 5) is 27.2. The van der Waals surface area contributed by atoms with E-state index >= 15 is 0 Å². The molecule has 1 aliphatic heterocycles. The molecule has 3 amide bonds. The van der Waals surface area contributed by atoms with Gasteiger partial charge in [-0.25, -0.2) is 4.79 Å². The van der Waals surface area contributed by atoms with E-state index in [1.807, 2.05) is 31.2 Å². The predicted octanol–water partition coefficient (Wildman–Crippen LogP) is 3.51. The first-order valence-electron chi connectivity index (χ1n) is 9.32. The fraction of sp³-hybridized carbons (Fsp3) is 0.130. The van der Waals surface area contributed by atoms with Crippen molar-refractivity contribution in [3.63, 3.8) is 0 Å². The predicted molar refractivity (Wildman–Crippen MR) is 111 cm³/mol. The molecule has 1 heterocycles. The van der Waals surface area contributed by atoms with Crippen molar-refractivity contribution < 1.29 is 14.7 Å². The Labute approximate surface area is 168 Å². The summed E-state index contributed by atoms with van der Waals surface area (Å²) in [5.74, 6) is -0.677. The Morgan fingerprint density at radius 2 is 1.66 bits per heavy atom. The molecule has 0 aliphatic carbocycles. The SMILES string of the molecule is Cc1ccc(CNC(=O)C2(O)c3ccccc3NC(=O)N2c2ccccc2)cc1. The Morgan fingerprint density at radius 3 is 2.38 bits per heavy atom. The second-order valence-electron chi connectivity index (χ2n) is 6.99. The quantitative estimate of drug-likeness (QED) is 0.641. The van der Waals surface area contributed by atoms with Crippen LogP contribution in [0.3, 0.4) is 0 Å². The zero-order chi connectivity index (χ0) is 20.4. The van der Waals surface area contributed by atoms with Gasteiger partial charge in [0.1, 0.15) is 0 Å². The third kappa shape index (κ3) is 3.34. The van der Waals surface area contributed by atoms with Crippen molar-refractivity contribution in [2.75, 3.05) is 10.2 Å². The Balaban J connectivity index is 1.73. The summed E-state index contributed by atoms with van der Waals surface area (Å²) >= 11 is 0. The van der Waals surface area contributed by atoms with Crippen LogP contribution in [0.1, 0.15) is 16.7 Å². The molecule has 1 aliphatic rings. The summed E-state index contributed by atoms with van der Waals surface area (Å²) in [5.41, 5.74) is 0.944. The molecule has 29 heavy (non-hydrogen) atoms. The number of hydrogen-bond donors (Lipinski definition) is 3. The van der Waals surface area contributed by atoms with Gasteiger partial charge in [0, 0.05) is 17.8 Å². The highest BCUT2D eigenvalue weighted by molar-refractivity contribution is 6.11. The van der Waals surface area contributed by atoms with Gasteiger partial charge in [0.05, 0.1) is 5.69 Å². The van der Waals surface area contributed by atoms with Crippen LogP contribution >= 0.6 is 0 Å². The molecule has 146 valence electrons. The number of benzene rings is 3. The Hall–Kier alpha value is -3.64. The second kappa shape index (κ2) is 7.41. The first kappa shape index (κ1) is 18.7. The third-order valence-corrected chi connectivity index (χ3v) is 4.98. The number of anilines is 2. The summed E-state index contributed by atoms with van der Waals surface area (Å²) in [5, 5.41) is 17.2. The zero-order valence-electron chi connectivity index (χ0n) is 15.9. The number of carbonyl (C=O) groups is 2. The van der Waals surface area contributed by atoms with Gasteiger partial charge in [0.2, 0.25) is 0 Å². The van der Waals surface area contributed by atoms with Crippen molar-refractivity contribution in [3.8, 4) is 0 Å². The van der Waals surface area contributed by atoms with E-state index in [-0.39, 0.29) is 6.54 Å². The minimum Gasteiger partial charge on any atom is -0.359 e. The number of rotatable bonds is 4. The summed E-state index contributed by atoms with van der Waals surface area (Å²) in [6.07, 6.45) is 0. The molecule has 0 saturated carbocycles. The molecule has 0 saturated heterocycles. The fourth-order valence-electron chi connectivity index (χ4n) is 3.45. The molecular formula is C23H21N3O3. The zero-order valence-corrected chi connectivity index (χ0v) is 15.9. The third-order valence-electron chi connectivity index (χ3n) is 4.98. The minimum atomic E-state index is -2.19. The number of fused-ring (bicyclic) bond motifs is 1. The molecule has 0 bridgehead atoms. The first-order chi connectivity index (χ1) is 14.0. The molecule has 0 fully saturated rings. The van der Waals surface area contributed by atoms with Gasteiger partial charge in [0.15, 0.2) is 0 Å². The minimum absolute atomic E-state index is 0.230. The number of aliphatic hydroxyl groups is 1. The molecule has 6 heteroatoms. The lowest BCUT2D eigenvalue weighted by Gasteiger charge is -2.42.